The average molecular weight is 710 g/mol. The van der Waals surface area contributed by atoms with Crippen LogP contribution in [-0.4, -0.2) is 61.0 Å². The van der Waals surface area contributed by atoms with Gasteiger partial charge in [-0.3, -0.25) is 0 Å². The Hall–Kier alpha value is -6.13. The summed E-state index contributed by atoms with van der Waals surface area (Å²) in [7, 11) is 48.8. The highest BCUT2D eigenvalue weighted by Crippen LogP contribution is 2.42. The molecule has 14 radical (unpaired) electrons. The molecular formula is C47H24B7NO2. The van der Waals surface area contributed by atoms with Gasteiger partial charge < -0.3 is 13.7 Å². The second kappa shape index (κ2) is 13.5. The van der Waals surface area contributed by atoms with Crippen molar-refractivity contribution in [2.45, 2.75) is 6.04 Å². The maximum absolute atomic E-state index is 7.07. The number of hydrogen-bond acceptors (Lipinski definition) is 3. The Bertz CT molecular complexity index is 3130. The zero-order chi connectivity index (χ0) is 39.1. The van der Waals surface area contributed by atoms with Crippen LogP contribution in [0.4, 0.5) is 11.4 Å². The Balaban J connectivity index is 1.13. The lowest BCUT2D eigenvalue weighted by molar-refractivity contribution is 0.668. The van der Waals surface area contributed by atoms with Crippen LogP contribution in [-0.2, 0) is 0 Å². The third kappa shape index (κ3) is 5.52. The number of rotatable bonds is 6. The number of allylic oxidation sites excluding steroid dienone is 2. The second-order valence-electron chi connectivity index (χ2n) is 14.4. The molecule has 0 saturated carbocycles. The molecule has 1 atom stereocenters. The summed E-state index contributed by atoms with van der Waals surface area (Å²) in [6, 6.07) is 44.7. The fraction of sp³-hybridized carbons (Fsp3) is 0.0213. The van der Waals surface area contributed by atoms with E-state index >= 15 is 0 Å². The lowest BCUT2D eigenvalue weighted by atomic mass is 9.64. The van der Waals surface area contributed by atoms with Crippen LogP contribution in [0, 0.1) is 0 Å². The summed E-state index contributed by atoms with van der Waals surface area (Å²) >= 11 is 0. The zero-order valence-electron chi connectivity index (χ0n) is 30.7. The molecule has 0 fully saturated rings. The van der Waals surface area contributed by atoms with E-state index < -0.39 is 6.04 Å². The largest absolute Gasteiger partial charge is 0.456 e. The number of para-hydroxylation sites is 2. The molecule has 10 heteroatoms. The minimum absolute atomic E-state index is 0.202. The molecule has 7 aromatic carbocycles. The minimum Gasteiger partial charge on any atom is -0.456 e. The minimum atomic E-state index is -0.792. The van der Waals surface area contributed by atoms with E-state index in [1.165, 1.54) is 0 Å². The third-order valence-electron chi connectivity index (χ3n) is 11.2. The van der Waals surface area contributed by atoms with Gasteiger partial charge >= 0.3 is 0 Å². The van der Waals surface area contributed by atoms with Crippen molar-refractivity contribution >= 4 is 138 Å². The molecule has 0 saturated heterocycles. The van der Waals surface area contributed by atoms with E-state index in [1.807, 2.05) is 126 Å². The Morgan fingerprint density at radius 2 is 0.895 bits per heavy atom. The van der Waals surface area contributed by atoms with Crippen LogP contribution in [0.1, 0.15) is 5.56 Å². The van der Waals surface area contributed by atoms with E-state index in [0.29, 0.717) is 50.1 Å². The number of anilines is 2. The first-order valence-electron chi connectivity index (χ1n) is 18.5. The molecule has 10 rings (SSSR count). The predicted octanol–water partition coefficient (Wildman–Crippen LogP) is 6.64. The maximum Gasteiger partial charge on any atom is 0.136 e. The van der Waals surface area contributed by atoms with Crippen molar-refractivity contribution in [1.82, 2.24) is 0 Å². The van der Waals surface area contributed by atoms with E-state index in [-0.39, 0.29) is 21.9 Å². The molecule has 250 valence electrons. The molecule has 2 aromatic heterocycles. The Morgan fingerprint density at radius 3 is 1.49 bits per heavy atom. The van der Waals surface area contributed by atoms with Gasteiger partial charge in [0.1, 0.15) is 77.3 Å². The molecule has 2 heterocycles. The molecule has 0 bridgehead atoms. The predicted molar refractivity (Wildman–Crippen MR) is 243 cm³/mol. The van der Waals surface area contributed by atoms with E-state index in [9.17, 15) is 0 Å². The molecular weight excluding hydrogens is 686 g/mol. The highest BCUT2D eigenvalue weighted by atomic mass is 16.3. The highest BCUT2D eigenvalue weighted by Gasteiger charge is 2.34. The van der Waals surface area contributed by atoms with Crippen molar-refractivity contribution in [2.24, 2.45) is 0 Å². The maximum atomic E-state index is 7.07. The summed E-state index contributed by atoms with van der Waals surface area (Å²) in [6.07, 6.45) is 0. The Labute approximate surface area is 339 Å². The van der Waals surface area contributed by atoms with Crippen LogP contribution in [0.15, 0.2) is 165 Å². The van der Waals surface area contributed by atoms with E-state index in [1.54, 1.807) is 0 Å². The van der Waals surface area contributed by atoms with E-state index in [4.69, 9.17) is 63.8 Å². The summed E-state index contributed by atoms with van der Waals surface area (Å²) in [4.78, 5) is 1.88. The van der Waals surface area contributed by atoms with Gasteiger partial charge in [0.2, 0.25) is 0 Å². The van der Waals surface area contributed by atoms with Gasteiger partial charge in [-0.15, -0.1) is 0 Å². The van der Waals surface area contributed by atoms with Gasteiger partial charge in [0.15, 0.2) is 0 Å². The van der Waals surface area contributed by atoms with Crippen LogP contribution in [0.3, 0.4) is 0 Å². The van der Waals surface area contributed by atoms with Crippen LogP contribution < -0.4 is 26.8 Å². The summed E-state index contributed by atoms with van der Waals surface area (Å²) < 4.78 is 12.4. The average Bonchev–Trinajstić information content (AvgIpc) is 3.87. The first kappa shape index (κ1) is 35.3. The smallest absolute Gasteiger partial charge is 0.136 e. The van der Waals surface area contributed by atoms with Crippen molar-refractivity contribution in [1.29, 1.82) is 0 Å². The summed E-state index contributed by atoms with van der Waals surface area (Å²) in [5, 5.41) is 4.10. The first-order chi connectivity index (χ1) is 27.7. The number of hydrogen-bond donors (Lipinski definition) is 0. The fourth-order valence-electron chi connectivity index (χ4n) is 8.35. The van der Waals surface area contributed by atoms with Crippen LogP contribution in [0.25, 0.3) is 71.7 Å². The molecule has 0 spiro atoms. The molecule has 1 aliphatic rings. The van der Waals surface area contributed by atoms with Crippen molar-refractivity contribution in [2.75, 3.05) is 4.90 Å². The lowest BCUT2D eigenvalue weighted by Gasteiger charge is -2.39. The lowest BCUT2D eigenvalue weighted by Crippen LogP contribution is -2.49. The van der Waals surface area contributed by atoms with Crippen LogP contribution >= 0.6 is 0 Å². The van der Waals surface area contributed by atoms with Gasteiger partial charge in [0.05, 0.1) is 6.04 Å². The Kier molecular flexibility index (Phi) is 8.37. The van der Waals surface area contributed by atoms with Gasteiger partial charge in [-0.2, -0.15) is 0 Å². The summed E-state index contributed by atoms with van der Waals surface area (Å²) in [5.74, 6) is 0. The Morgan fingerprint density at radius 1 is 0.404 bits per heavy atom. The van der Waals surface area contributed by atoms with Gasteiger partial charge in [-0.1, -0.05) is 129 Å². The van der Waals surface area contributed by atoms with Crippen molar-refractivity contribution in [3.05, 3.63) is 162 Å². The molecule has 0 aliphatic heterocycles. The van der Waals surface area contributed by atoms with Crippen molar-refractivity contribution in [3.8, 4) is 22.3 Å². The number of benzene rings is 7. The van der Waals surface area contributed by atoms with Gasteiger partial charge in [-0.05, 0) is 81.9 Å². The zero-order valence-corrected chi connectivity index (χ0v) is 30.7. The molecule has 9 aromatic rings. The van der Waals surface area contributed by atoms with Gasteiger partial charge in [0, 0.05) is 32.9 Å². The van der Waals surface area contributed by atoms with Gasteiger partial charge in [-0.25, -0.2) is 0 Å². The fourth-order valence-corrected chi connectivity index (χ4v) is 8.35. The monoisotopic (exact) mass is 711 g/mol. The van der Waals surface area contributed by atoms with Gasteiger partial charge in [0.25, 0.3) is 0 Å². The van der Waals surface area contributed by atoms with E-state index in [0.717, 1.165) is 55.0 Å². The highest BCUT2D eigenvalue weighted by molar-refractivity contribution is 6.63. The van der Waals surface area contributed by atoms with Crippen molar-refractivity contribution in [3.63, 3.8) is 0 Å². The van der Waals surface area contributed by atoms with Crippen LogP contribution in [0.2, 0.25) is 0 Å². The molecule has 1 unspecified atom stereocenters. The number of fused-ring (bicyclic) bond motifs is 6. The number of nitrogens with zero attached hydrogens (tertiary/aromatic N) is 1. The summed E-state index contributed by atoms with van der Waals surface area (Å²) in [5.41, 5.74) is 10.7. The number of furan rings is 2. The first-order valence-corrected chi connectivity index (χ1v) is 18.5. The SMILES string of the molecule is [B]C1=C([B])C(N(c2ccc(-c3ccc4c(c3)oc3ccccc34)cc2)c2c([B])c([B])c(-c3ccc4c(c3)oc3ccccc34)c([B])c2[B])C([B])=C1c1ccccc1. The van der Waals surface area contributed by atoms with Crippen LogP contribution in [0.5, 0.6) is 0 Å². The molecule has 0 amide bonds. The third-order valence-corrected chi connectivity index (χ3v) is 11.2. The second-order valence-corrected chi connectivity index (χ2v) is 14.4. The molecule has 57 heavy (non-hydrogen) atoms. The topological polar surface area (TPSA) is 29.5 Å². The quantitative estimate of drug-likeness (QED) is 0.181. The van der Waals surface area contributed by atoms with Crippen molar-refractivity contribution < 1.29 is 8.83 Å². The molecule has 0 N–H and O–H groups in total. The molecule has 3 nitrogen and oxygen atoms in total. The summed E-state index contributed by atoms with van der Waals surface area (Å²) in [6.45, 7) is 0. The van der Waals surface area contributed by atoms with E-state index in [2.05, 4.69) is 18.2 Å². The normalized spacial score (nSPS) is 14.5. The standard InChI is InChI=1S/C47H24B7NO2/c48-39-37(25-8-2-1-3-9-25)42(51)46(43(39)52)55(28-18-14-24(15-19-28)26-16-20-31-29-10-4-6-12-33(29)56-35(31)22-26)47-44(53)40(49)38(41(50)45(47)54)27-17-21-32-30-11-5-7-13-34(30)57-36(32)23-27/h1-23,46H. The molecule has 1 aliphatic carbocycles.